The standard InChI is InChI=1S/C12H16F3N3O/c1-8-9(11(19)17-7-3-2-6-16)4-5-10(18-8)12(13,14)15/h4-5H,2-3,6-7,16H2,1H3,(H,17,19). The first-order chi connectivity index (χ1) is 8.86. The van der Waals surface area contributed by atoms with Crippen LogP contribution in [0.3, 0.4) is 0 Å². The monoisotopic (exact) mass is 275 g/mol. The van der Waals surface area contributed by atoms with Gasteiger partial charge in [-0.2, -0.15) is 13.2 Å². The van der Waals surface area contributed by atoms with E-state index in [-0.39, 0.29) is 11.3 Å². The largest absolute Gasteiger partial charge is 0.433 e. The average Bonchev–Trinajstić information content (AvgIpc) is 2.33. The number of hydrogen-bond donors (Lipinski definition) is 2. The number of unbranched alkanes of at least 4 members (excludes halogenated alkanes) is 1. The molecule has 7 heteroatoms. The minimum absolute atomic E-state index is 0.0612. The van der Waals surface area contributed by atoms with Gasteiger partial charge in [0.15, 0.2) is 0 Å². The molecule has 1 aromatic rings. The van der Waals surface area contributed by atoms with Gasteiger partial charge in [0, 0.05) is 6.54 Å². The van der Waals surface area contributed by atoms with E-state index in [2.05, 4.69) is 10.3 Å². The van der Waals surface area contributed by atoms with E-state index in [0.29, 0.717) is 13.1 Å². The van der Waals surface area contributed by atoms with Crippen molar-refractivity contribution in [3.63, 3.8) is 0 Å². The number of alkyl halides is 3. The van der Waals surface area contributed by atoms with Crippen molar-refractivity contribution in [3.8, 4) is 0 Å². The number of rotatable bonds is 5. The van der Waals surface area contributed by atoms with Gasteiger partial charge in [-0.25, -0.2) is 4.98 Å². The van der Waals surface area contributed by atoms with Crippen molar-refractivity contribution < 1.29 is 18.0 Å². The van der Waals surface area contributed by atoms with Crippen LogP contribution in [0.4, 0.5) is 13.2 Å². The summed E-state index contributed by atoms with van der Waals surface area (Å²) in [6.07, 6.45) is -2.99. The van der Waals surface area contributed by atoms with E-state index in [1.807, 2.05) is 0 Å². The number of carbonyl (C=O) groups is 1. The second kappa shape index (κ2) is 6.51. The Kier molecular flexibility index (Phi) is 5.29. The molecule has 0 radical (unpaired) electrons. The molecule has 106 valence electrons. The van der Waals surface area contributed by atoms with Gasteiger partial charge in [-0.15, -0.1) is 0 Å². The Hall–Kier alpha value is -1.63. The minimum Gasteiger partial charge on any atom is -0.352 e. The number of amides is 1. The summed E-state index contributed by atoms with van der Waals surface area (Å²) in [7, 11) is 0. The van der Waals surface area contributed by atoms with Gasteiger partial charge in [-0.3, -0.25) is 4.79 Å². The summed E-state index contributed by atoms with van der Waals surface area (Å²) in [6.45, 7) is 2.36. The van der Waals surface area contributed by atoms with Crippen LogP contribution in [0.5, 0.6) is 0 Å². The third-order valence-electron chi connectivity index (χ3n) is 2.54. The fourth-order valence-electron chi connectivity index (χ4n) is 1.53. The van der Waals surface area contributed by atoms with Crippen molar-refractivity contribution in [2.75, 3.05) is 13.1 Å². The van der Waals surface area contributed by atoms with Gasteiger partial charge in [0.1, 0.15) is 5.69 Å². The Bertz CT molecular complexity index is 446. The molecule has 0 saturated carbocycles. The Balaban J connectivity index is 2.71. The Morgan fingerprint density at radius 2 is 2.05 bits per heavy atom. The first-order valence-electron chi connectivity index (χ1n) is 5.89. The molecule has 0 saturated heterocycles. The maximum absolute atomic E-state index is 12.4. The number of carbonyl (C=O) groups excluding carboxylic acids is 1. The summed E-state index contributed by atoms with van der Waals surface area (Å²) in [5.41, 5.74) is 4.53. The fraction of sp³-hybridized carbons (Fsp3) is 0.500. The molecule has 1 rings (SSSR count). The Morgan fingerprint density at radius 3 is 2.58 bits per heavy atom. The molecule has 1 heterocycles. The summed E-state index contributed by atoms with van der Waals surface area (Å²) in [5, 5.41) is 2.62. The van der Waals surface area contributed by atoms with Crippen molar-refractivity contribution >= 4 is 5.91 Å². The van der Waals surface area contributed by atoms with Crippen LogP contribution < -0.4 is 11.1 Å². The van der Waals surface area contributed by atoms with E-state index in [0.717, 1.165) is 25.0 Å². The molecule has 0 fully saturated rings. The summed E-state index contributed by atoms with van der Waals surface area (Å²) >= 11 is 0. The van der Waals surface area contributed by atoms with Crippen molar-refractivity contribution in [2.24, 2.45) is 5.73 Å². The first-order valence-corrected chi connectivity index (χ1v) is 5.89. The molecule has 1 aromatic heterocycles. The quantitative estimate of drug-likeness (QED) is 0.806. The van der Waals surface area contributed by atoms with Gasteiger partial charge >= 0.3 is 6.18 Å². The van der Waals surface area contributed by atoms with Crippen molar-refractivity contribution in [1.29, 1.82) is 0 Å². The van der Waals surface area contributed by atoms with Gasteiger partial charge in [0.05, 0.1) is 11.3 Å². The number of aromatic nitrogens is 1. The average molecular weight is 275 g/mol. The third-order valence-corrected chi connectivity index (χ3v) is 2.54. The molecular weight excluding hydrogens is 259 g/mol. The normalized spacial score (nSPS) is 11.4. The highest BCUT2D eigenvalue weighted by Crippen LogP contribution is 2.28. The van der Waals surface area contributed by atoms with E-state index < -0.39 is 17.8 Å². The van der Waals surface area contributed by atoms with E-state index in [4.69, 9.17) is 5.73 Å². The number of aryl methyl sites for hydroxylation is 1. The van der Waals surface area contributed by atoms with Crippen LogP contribution >= 0.6 is 0 Å². The zero-order valence-electron chi connectivity index (χ0n) is 10.5. The van der Waals surface area contributed by atoms with Gasteiger partial charge in [-0.1, -0.05) is 0 Å². The summed E-state index contributed by atoms with van der Waals surface area (Å²) in [4.78, 5) is 15.1. The lowest BCUT2D eigenvalue weighted by atomic mass is 10.1. The molecule has 0 spiro atoms. The maximum atomic E-state index is 12.4. The molecule has 0 aliphatic carbocycles. The van der Waals surface area contributed by atoms with Crippen LogP contribution in [0.1, 0.15) is 34.6 Å². The first kappa shape index (κ1) is 15.4. The third kappa shape index (κ3) is 4.51. The zero-order valence-corrected chi connectivity index (χ0v) is 10.5. The smallest absolute Gasteiger partial charge is 0.352 e. The molecule has 0 bridgehead atoms. The molecule has 4 nitrogen and oxygen atoms in total. The number of hydrogen-bond acceptors (Lipinski definition) is 3. The zero-order chi connectivity index (χ0) is 14.5. The molecule has 1 amide bonds. The predicted molar refractivity (Wildman–Crippen MR) is 64.6 cm³/mol. The summed E-state index contributed by atoms with van der Waals surface area (Å²) < 4.78 is 37.2. The van der Waals surface area contributed by atoms with Crippen LogP contribution in [-0.4, -0.2) is 24.0 Å². The molecule has 0 atom stereocenters. The van der Waals surface area contributed by atoms with Crippen LogP contribution in [0.15, 0.2) is 12.1 Å². The number of nitrogens with zero attached hydrogens (tertiary/aromatic N) is 1. The van der Waals surface area contributed by atoms with Crippen LogP contribution in [-0.2, 0) is 6.18 Å². The van der Waals surface area contributed by atoms with Crippen molar-refractivity contribution in [1.82, 2.24) is 10.3 Å². The Labute approximate surface area is 109 Å². The number of nitrogens with two attached hydrogens (primary N) is 1. The number of nitrogens with one attached hydrogen (secondary N) is 1. The highest BCUT2D eigenvalue weighted by atomic mass is 19.4. The van der Waals surface area contributed by atoms with E-state index in [1.54, 1.807) is 0 Å². The highest BCUT2D eigenvalue weighted by Gasteiger charge is 2.32. The molecule has 19 heavy (non-hydrogen) atoms. The lowest BCUT2D eigenvalue weighted by Crippen LogP contribution is -2.26. The lowest BCUT2D eigenvalue weighted by Gasteiger charge is -2.10. The van der Waals surface area contributed by atoms with Gasteiger partial charge in [-0.05, 0) is 38.4 Å². The molecule has 0 unspecified atom stereocenters. The lowest BCUT2D eigenvalue weighted by molar-refractivity contribution is -0.141. The van der Waals surface area contributed by atoms with Crippen molar-refractivity contribution in [3.05, 3.63) is 29.1 Å². The molecule has 3 N–H and O–H groups in total. The van der Waals surface area contributed by atoms with Gasteiger partial charge in [0.25, 0.3) is 5.91 Å². The second-order valence-electron chi connectivity index (χ2n) is 4.08. The van der Waals surface area contributed by atoms with Gasteiger partial charge < -0.3 is 11.1 Å². The molecule has 0 aromatic carbocycles. The summed E-state index contributed by atoms with van der Waals surface area (Å²) in [6, 6.07) is 1.95. The predicted octanol–water partition coefficient (Wildman–Crippen LogP) is 1.88. The van der Waals surface area contributed by atoms with E-state index in [1.165, 1.54) is 6.92 Å². The van der Waals surface area contributed by atoms with Crippen LogP contribution in [0.2, 0.25) is 0 Å². The second-order valence-corrected chi connectivity index (χ2v) is 4.08. The van der Waals surface area contributed by atoms with Crippen LogP contribution in [0.25, 0.3) is 0 Å². The molecular formula is C12H16F3N3O. The fourth-order valence-corrected chi connectivity index (χ4v) is 1.53. The molecule has 0 aliphatic rings. The molecule has 0 aliphatic heterocycles. The van der Waals surface area contributed by atoms with Crippen LogP contribution in [0, 0.1) is 6.92 Å². The summed E-state index contributed by atoms with van der Waals surface area (Å²) in [5.74, 6) is -0.421. The van der Waals surface area contributed by atoms with Crippen molar-refractivity contribution in [2.45, 2.75) is 25.9 Å². The van der Waals surface area contributed by atoms with Gasteiger partial charge in [0.2, 0.25) is 0 Å². The Morgan fingerprint density at radius 1 is 1.37 bits per heavy atom. The maximum Gasteiger partial charge on any atom is 0.433 e. The van der Waals surface area contributed by atoms with E-state index >= 15 is 0 Å². The highest BCUT2D eigenvalue weighted by molar-refractivity contribution is 5.95. The topological polar surface area (TPSA) is 68.0 Å². The van der Waals surface area contributed by atoms with E-state index in [9.17, 15) is 18.0 Å². The minimum atomic E-state index is -4.50. The number of pyridine rings is 1. The number of halogens is 3. The SMILES string of the molecule is Cc1nc(C(F)(F)F)ccc1C(=O)NCCCCN.